The van der Waals surface area contributed by atoms with E-state index in [9.17, 15) is 4.79 Å². The van der Waals surface area contributed by atoms with Gasteiger partial charge >= 0.3 is 0 Å². The van der Waals surface area contributed by atoms with Crippen LogP contribution in [0.3, 0.4) is 0 Å². The number of rotatable bonds is 3. The van der Waals surface area contributed by atoms with Gasteiger partial charge in [0.05, 0.1) is 0 Å². The van der Waals surface area contributed by atoms with E-state index in [0.29, 0.717) is 18.0 Å². The van der Waals surface area contributed by atoms with Gasteiger partial charge in [-0.25, -0.2) is 0 Å². The van der Waals surface area contributed by atoms with Crippen LogP contribution < -0.4 is 0 Å². The fraction of sp³-hybridized carbons (Fsp3) is 0.923. The van der Waals surface area contributed by atoms with Gasteiger partial charge in [-0.2, -0.15) is 0 Å². The molecule has 0 radical (unpaired) electrons. The molecule has 0 N–H and O–H groups in total. The van der Waals surface area contributed by atoms with Crippen LogP contribution in [0.2, 0.25) is 0 Å². The Morgan fingerprint density at radius 1 is 1.25 bits per heavy atom. The molecule has 1 rings (SSSR count). The van der Waals surface area contributed by atoms with E-state index in [2.05, 4.69) is 32.6 Å². The first-order valence-corrected chi connectivity index (χ1v) is 6.43. The van der Waals surface area contributed by atoms with E-state index < -0.39 is 0 Å². The Labute approximate surface area is 99.8 Å². The molecule has 1 amide bonds. The summed E-state index contributed by atoms with van der Waals surface area (Å²) < 4.78 is 0. The highest BCUT2D eigenvalue weighted by Crippen LogP contribution is 2.19. The predicted molar refractivity (Wildman–Crippen MR) is 67.3 cm³/mol. The number of nitrogens with zero attached hydrogens (tertiary/aromatic N) is 2. The van der Waals surface area contributed by atoms with Gasteiger partial charge in [-0.3, -0.25) is 9.69 Å². The van der Waals surface area contributed by atoms with E-state index in [1.54, 1.807) is 6.92 Å². The lowest BCUT2D eigenvalue weighted by Gasteiger charge is -2.44. The molecule has 0 bridgehead atoms. The molecule has 0 aliphatic carbocycles. The number of hydrogen-bond donors (Lipinski definition) is 0. The first-order chi connectivity index (χ1) is 7.41. The lowest BCUT2D eigenvalue weighted by molar-refractivity contribution is -0.132. The van der Waals surface area contributed by atoms with Gasteiger partial charge in [0.1, 0.15) is 0 Å². The summed E-state index contributed by atoms with van der Waals surface area (Å²) in [4.78, 5) is 15.9. The Bertz CT molecular complexity index is 238. The van der Waals surface area contributed by atoms with Gasteiger partial charge in [0.25, 0.3) is 0 Å². The van der Waals surface area contributed by atoms with Crippen molar-refractivity contribution in [3.8, 4) is 0 Å². The molecule has 1 atom stereocenters. The Morgan fingerprint density at radius 3 is 2.31 bits per heavy atom. The molecule has 0 aromatic rings. The topological polar surface area (TPSA) is 23.6 Å². The molecule has 1 aliphatic heterocycles. The van der Waals surface area contributed by atoms with Crippen molar-refractivity contribution in [3.63, 3.8) is 0 Å². The molecule has 3 heteroatoms. The Morgan fingerprint density at radius 2 is 1.88 bits per heavy atom. The fourth-order valence-corrected chi connectivity index (χ4v) is 2.59. The van der Waals surface area contributed by atoms with Crippen LogP contribution in [0.15, 0.2) is 0 Å². The van der Waals surface area contributed by atoms with Gasteiger partial charge in [0.15, 0.2) is 0 Å². The predicted octanol–water partition coefficient (Wildman–Crippen LogP) is 1.97. The van der Waals surface area contributed by atoms with Crippen LogP contribution in [0.4, 0.5) is 0 Å². The van der Waals surface area contributed by atoms with Crippen LogP contribution in [0.5, 0.6) is 0 Å². The summed E-state index contributed by atoms with van der Waals surface area (Å²) in [5, 5.41) is 0. The van der Waals surface area contributed by atoms with E-state index in [0.717, 1.165) is 19.6 Å². The monoisotopic (exact) mass is 226 g/mol. The third-order valence-corrected chi connectivity index (χ3v) is 3.38. The maximum absolute atomic E-state index is 11.4. The first kappa shape index (κ1) is 13.5. The van der Waals surface area contributed by atoms with Gasteiger partial charge in [-0.05, 0) is 26.2 Å². The molecular weight excluding hydrogens is 200 g/mol. The molecule has 1 aliphatic rings. The van der Waals surface area contributed by atoms with Crippen molar-refractivity contribution >= 4 is 5.91 Å². The minimum Gasteiger partial charge on any atom is -0.340 e. The zero-order chi connectivity index (χ0) is 12.3. The summed E-state index contributed by atoms with van der Waals surface area (Å²) in [6.07, 6.45) is 1.18. The Balaban J connectivity index is 2.65. The second-order valence-corrected chi connectivity index (χ2v) is 5.58. The minimum absolute atomic E-state index is 0.220. The third kappa shape index (κ3) is 3.48. The maximum Gasteiger partial charge on any atom is 0.219 e. The molecule has 1 unspecified atom stereocenters. The lowest BCUT2D eigenvalue weighted by atomic mass is 9.98. The third-order valence-electron chi connectivity index (χ3n) is 3.38. The molecule has 0 aromatic heterocycles. The van der Waals surface area contributed by atoms with Crippen LogP contribution in [-0.4, -0.2) is 47.4 Å². The van der Waals surface area contributed by atoms with Gasteiger partial charge < -0.3 is 4.90 Å². The van der Waals surface area contributed by atoms with Crippen LogP contribution in [-0.2, 0) is 4.79 Å². The summed E-state index contributed by atoms with van der Waals surface area (Å²) in [6, 6.07) is 1.12. The van der Waals surface area contributed by atoms with Crippen molar-refractivity contribution in [2.75, 3.05) is 19.6 Å². The SMILES string of the molecule is CC(=O)N1CCN(C(C)C)C(CC(C)C)C1. The molecule has 3 nitrogen and oxygen atoms in total. The minimum atomic E-state index is 0.220. The van der Waals surface area contributed by atoms with Crippen LogP contribution in [0.25, 0.3) is 0 Å². The van der Waals surface area contributed by atoms with Gasteiger partial charge in [-0.1, -0.05) is 13.8 Å². The normalized spacial score (nSPS) is 23.2. The Kier molecular flexibility index (Phi) is 4.78. The molecule has 0 spiro atoms. The standard InChI is InChI=1S/C13H26N2O/c1-10(2)8-13-9-14(12(5)16)6-7-15(13)11(3)4/h10-11,13H,6-9H2,1-5H3. The highest BCUT2D eigenvalue weighted by atomic mass is 16.2. The smallest absolute Gasteiger partial charge is 0.219 e. The zero-order valence-corrected chi connectivity index (χ0v) is 11.4. The Hall–Kier alpha value is -0.570. The lowest BCUT2D eigenvalue weighted by Crippen LogP contribution is -2.56. The van der Waals surface area contributed by atoms with Gasteiger partial charge in [0.2, 0.25) is 5.91 Å². The van der Waals surface area contributed by atoms with E-state index in [-0.39, 0.29) is 5.91 Å². The molecular formula is C13H26N2O. The summed E-state index contributed by atoms with van der Waals surface area (Å²) in [6.45, 7) is 13.5. The van der Waals surface area contributed by atoms with Crippen LogP contribution in [0.1, 0.15) is 41.0 Å². The van der Waals surface area contributed by atoms with Gasteiger partial charge in [0, 0.05) is 38.6 Å². The molecule has 94 valence electrons. The molecule has 1 fully saturated rings. The highest BCUT2D eigenvalue weighted by Gasteiger charge is 2.29. The summed E-state index contributed by atoms with van der Waals surface area (Å²) in [7, 11) is 0. The average molecular weight is 226 g/mol. The summed E-state index contributed by atoms with van der Waals surface area (Å²) >= 11 is 0. The van der Waals surface area contributed by atoms with Crippen molar-refractivity contribution in [2.24, 2.45) is 5.92 Å². The number of carbonyl (C=O) groups excluding carboxylic acids is 1. The zero-order valence-electron chi connectivity index (χ0n) is 11.4. The maximum atomic E-state index is 11.4. The number of carbonyl (C=O) groups is 1. The van der Waals surface area contributed by atoms with Crippen molar-refractivity contribution in [3.05, 3.63) is 0 Å². The molecule has 1 heterocycles. The quantitative estimate of drug-likeness (QED) is 0.734. The van der Waals surface area contributed by atoms with Crippen LogP contribution in [0, 0.1) is 5.92 Å². The van der Waals surface area contributed by atoms with Gasteiger partial charge in [-0.15, -0.1) is 0 Å². The molecule has 16 heavy (non-hydrogen) atoms. The number of hydrogen-bond acceptors (Lipinski definition) is 2. The molecule has 1 saturated heterocycles. The van der Waals surface area contributed by atoms with Crippen molar-refractivity contribution < 1.29 is 4.79 Å². The summed E-state index contributed by atoms with van der Waals surface area (Å²) in [5.74, 6) is 0.912. The number of amides is 1. The second-order valence-electron chi connectivity index (χ2n) is 5.58. The van der Waals surface area contributed by atoms with E-state index >= 15 is 0 Å². The fourth-order valence-electron chi connectivity index (χ4n) is 2.59. The highest BCUT2D eigenvalue weighted by molar-refractivity contribution is 5.73. The first-order valence-electron chi connectivity index (χ1n) is 6.43. The summed E-state index contributed by atoms with van der Waals surface area (Å²) in [5.41, 5.74) is 0. The van der Waals surface area contributed by atoms with Crippen molar-refractivity contribution in [1.29, 1.82) is 0 Å². The van der Waals surface area contributed by atoms with E-state index in [1.165, 1.54) is 6.42 Å². The molecule has 0 aromatic carbocycles. The second kappa shape index (κ2) is 5.67. The average Bonchev–Trinajstić information content (AvgIpc) is 2.15. The molecule has 0 saturated carbocycles. The van der Waals surface area contributed by atoms with Crippen LogP contribution >= 0.6 is 0 Å². The van der Waals surface area contributed by atoms with Crippen molar-refractivity contribution in [2.45, 2.75) is 53.1 Å². The van der Waals surface area contributed by atoms with Crippen molar-refractivity contribution in [1.82, 2.24) is 9.80 Å². The number of piperazine rings is 1. The van der Waals surface area contributed by atoms with E-state index in [1.807, 2.05) is 4.90 Å². The van der Waals surface area contributed by atoms with E-state index in [4.69, 9.17) is 0 Å². The largest absolute Gasteiger partial charge is 0.340 e.